The molecule has 0 aliphatic heterocycles. The van der Waals surface area contributed by atoms with Crippen LogP contribution in [0.5, 0.6) is 0 Å². The van der Waals surface area contributed by atoms with Crippen LogP contribution in [0, 0.1) is 13.8 Å². The predicted molar refractivity (Wildman–Crippen MR) is 82.5 cm³/mol. The van der Waals surface area contributed by atoms with Gasteiger partial charge in [0.2, 0.25) is 0 Å². The highest BCUT2D eigenvalue weighted by Gasteiger charge is 2.14. The lowest BCUT2D eigenvalue weighted by atomic mass is 10.1. The summed E-state index contributed by atoms with van der Waals surface area (Å²) in [7, 11) is 1.82. The van der Waals surface area contributed by atoms with Gasteiger partial charge in [0.15, 0.2) is 5.65 Å². The largest absolute Gasteiger partial charge is 0.478 e. The zero-order chi connectivity index (χ0) is 15.9. The SMILES string of the molecule is Cc1ccc(C(=O)O)cc1Nc1ncnc2c1c(C)nn2C. The fraction of sp³-hybridized carbons (Fsp3) is 0.200. The van der Waals surface area contributed by atoms with Crippen molar-refractivity contribution in [3.05, 3.63) is 41.3 Å². The number of hydrogen-bond acceptors (Lipinski definition) is 5. The second kappa shape index (κ2) is 5.10. The molecule has 0 fully saturated rings. The number of aryl methyl sites for hydroxylation is 3. The molecule has 0 atom stereocenters. The molecule has 0 radical (unpaired) electrons. The molecule has 0 saturated carbocycles. The van der Waals surface area contributed by atoms with Crippen LogP contribution in [0.4, 0.5) is 11.5 Å². The average Bonchev–Trinajstić information content (AvgIpc) is 2.77. The summed E-state index contributed by atoms with van der Waals surface area (Å²) in [6.45, 7) is 3.79. The molecule has 2 N–H and O–H groups in total. The maximum Gasteiger partial charge on any atom is 0.335 e. The van der Waals surface area contributed by atoms with Gasteiger partial charge >= 0.3 is 5.97 Å². The van der Waals surface area contributed by atoms with Gasteiger partial charge in [-0.1, -0.05) is 6.07 Å². The minimum Gasteiger partial charge on any atom is -0.478 e. The minimum absolute atomic E-state index is 0.223. The number of carbonyl (C=O) groups is 1. The highest BCUT2D eigenvalue weighted by molar-refractivity contribution is 5.93. The number of benzene rings is 1. The van der Waals surface area contributed by atoms with E-state index >= 15 is 0 Å². The topological polar surface area (TPSA) is 92.9 Å². The summed E-state index contributed by atoms with van der Waals surface area (Å²) in [6, 6.07) is 4.94. The monoisotopic (exact) mass is 297 g/mol. The van der Waals surface area contributed by atoms with E-state index < -0.39 is 5.97 Å². The predicted octanol–water partition coefficient (Wildman–Crippen LogP) is 2.42. The van der Waals surface area contributed by atoms with Gasteiger partial charge in [-0.05, 0) is 31.5 Å². The van der Waals surface area contributed by atoms with Gasteiger partial charge in [-0.25, -0.2) is 14.8 Å². The fourth-order valence-corrected chi connectivity index (χ4v) is 2.39. The van der Waals surface area contributed by atoms with Gasteiger partial charge in [-0.3, -0.25) is 4.68 Å². The van der Waals surface area contributed by atoms with E-state index in [-0.39, 0.29) is 5.56 Å². The molecule has 0 saturated heterocycles. The number of carboxylic acids is 1. The number of aromatic nitrogens is 4. The Hall–Kier alpha value is -2.96. The maximum atomic E-state index is 11.1. The van der Waals surface area contributed by atoms with Crippen molar-refractivity contribution < 1.29 is 9.90 Å². The minimum atomic E-state index is -0.964. The number of anilines is 2. The van der Waals surface area contributed by atoms with Crippen molar-refractivity contribution in [3.8, 4) is 0 Å². The normalized spacial score (nSPS) is 10.9. The van der Waals surface area contributed by atoms with E-state index in [4.69, 9.17) is 5.11 Å². The van der Waals surface area contributed by atoms with Crippen LogP contribution in [-0.4, -0.2) is 30.8 Å². The van der Waals surface area contributed by atoms with Crippen molar-refractivity contribution in [2.24, 2.45) is 7.05 Å². The molecule has 7 heteroatoms. The van der Waals surface area contributed by atoms with E-state index in [9.17, 15) is 4.79 Å². The van der Waals surface area contributed by atoms with Crippen LogP contribution < -0.4 is 5.32 Å². The Labute approximate surface area is 126 Å². The van der Waals surface area contributed by atoms with E-state index in [2.05, 4.69) is 20.4 Å². The molecule has 1 aromatic carbocycles. The van der Waals surface area contributed by atoms with Crippen LogP contribution in [0.3, 0.4) is 0 Å². The van der Waals surface area contributed by atoms with Gasteiger partial charge in [-0.2, -0.15) is 5.10 Å². The average molecular weight is 297 g/mol. The summed E-state index contributed by atoms with van der Waals surface area (Å²) in [5, 5.41) is 17.5. The van der Waals surface area contributed by atoms with Crippen LogP contribution in [0.2, 0.25) is 0 Å². The van der Waals surface area contributed by atoms with Gasteiger partial charge in [-0.15, -0.1) is 0 Å². The van der Waals surface area contributed by atoms with Crippen molar-refractivity contribution in [2.75, 3.05) is 5.32 Å². The molecule has 2 aromatic heterocycles. The van der Waals surface area contributed by atoms with E-state index in [0.29, 0.717) is 11.5 Å². The number of hydrogen-bond donors (Lipinski definition) is 2. The van der Waals surface area contributed by atoms with Crippen LogP contribution >= 0.6 is 0 Å². The molecule has 112 valence electrons. The zero-order valence-corrected chi connectivity index (χ0v) is 12.5. The van der Waals surface area contributed by atoms with Crippen molar-refractivity contribution in [2.45, 2.75) is 13.8 Å². The highest BCUT2D eigenvalue weighted by Crippen LogP contribution is 2.27. The number of fused-ring (bicyclic) bond motifs is 1. The Morgan fingerprint density at radius 2 is 2.05 bits per heavy atom. The molecule has 0 aliphatic rings. The lowest BCUT2D eigenvalue weighted by molar-refractivity contribution is 0.0697. The number of carboxylic acid groups (broad SMARTS) is 1. The molecular weight excluding hydrogens is 282 g/mol. The Balaban J connectivity index is 2.11. The first-order chi connectivity index (χ1) is 10.5. The summed E-state index contributed by atoms with van der Waals surface area (Å²) in [6.07, 6.45) is 1.46. The van der Waals surface area contributed by atoms with Crippen molar-refractivity contribution >= 4 is 28.5 Å². The highest BCUT2D eigenvalue weighted by atomic mass is 16.4. The summed E-state index contributed by atoms with van der Waals surface area (Å²) < 4.78 is 1.69. The number of rotatable bonds is 3. The second-order valence-electron chi connectivity index (χ2n) is 5.09. The molecule has 2 heterocycles. The molecule has 0 unspecified atom stereocenters. The molecular formula is C15H15N5O2. The lowest BCUT2D eigenvalue weighted by Crippen LogP contribution is -2.02. The quantitative estimate of drug-likeness (QED) is 0.771. The summed E-state index contributed by atoms with van der Waals surface area (Å²) in [5.74, 6) is -0.352. The molecule has 0 bridgehead atoms. The van der Waals surface area contributed by atoms with Gasteiger partial charge in [0.1, 0.15) is 12.1 Å². The van der Waals surface area contributed by atoms with E-state index in [1.54, 1.807) is 22.9 Å². The Morgan fingerprint density at radius 1 is 1.27 bits per heavy atom. The molecule has 7 nitrogen and oxygen atoms in total. The number of nitrogens with zero attached hydrogens (tertiary/aromatic N) is 4. The first-order valence-corrected chi connectivity index (χ1v) is 6.72. The third kappa shape index (κ3) is 2.26. The summed E-state index contributed by atoms with van der Waals surface area (Å²) in [5.41, 5.74) is 3.39. The van der Waals surface area contributed by atoms with E-state index in [0.717, 1.165) is 22.3 Å². The number of nitrogens with one attached hydrogen (secondary N) is 1. The van der Waals surface area contributed by atoms with Crippen LogP contribution in [0.1, 0.15) is 21.6 Å². The van der Waals surface area contributed by atoms with E-state index in [1.165, 1.54) is 6.33 Å². The smallest absolute Gasteiger partial charge is 0.335 e. The zero-order valence-electron chi connectivity index (χ0n) is 12.5. The standard InChI is InChI=1S/C15H15N5O2/c1-8-4-5-10(15(21)22)6-11(8)18-13-12-9(2)19-20(3)14(12)17-7-16-13/h4-7H,1-3H3,(H,21,22)(H,16,17,18). The van der Waals surface area contributed by atoms with Crippen LogP contribution in [0.25, 0.3) is 11.0 Å². The first kappa shape index (κ1) is 14.0. The lowest BCUT2D eigenvalue weighted by Gasteiger charge is -2.10. The third-order valence-electron chi connectivity index (χ3n) is 3.53. The molecule has 3 aromatic rings. The van der Waals surface area contributed by atoms with Crippen molar-refractivity contribution in [3.63, 3.8) is 0 Å². The third-order valence-corrected chi connectivity index (χ3v) is 3.53. The molecule has 22 heavy (non-hydrogen) atoms. The molecule has 0 amide bonds. The Morgan fingerprint density at radius 3 is 2.77 bits per heavy atom. The van der Waals surface area contributed by atoms with Gasteiger partial charge in [0, 0.05) is 12.7 Å². The Kier molecular flexibility index (Phi) is 3.25. The van der Waals surface area contributed by atoms with Crippen LogP contribution in [-0.2, 0) is 7.05 Å². The van der Waals surface area contributed by atoms with Crippen molar-refractivity contribution in [1.29, 1.82) is 0 Å². The Bertz CT molecular complexity index is 885. The van der Waals surface area contributed by atoms with Gasteiger partial charge in [0.05, 0.1) is 16.6 Å². The first-order valence-electron chi connectivity index (χ1n) is 6.72. The summed E-state index contributed by atoms with van der Waals surface area (Å²) >= 11 is 0. The van der Waals surface area contributed by atoms with Crippen LogP contribution in [0.15, 0.2) is 24.5 Å². The van der Waals surface area contributed by atoms with E-state index in [1.807, 2.05) is 20.9 Å². The number of aromatic carboxylic acids is 1. The molecule has 0 spiro atoms. The van der Waals surface area contributed by atoms with Crippen molar-refractivity contribution in [1.82, 2.24) is 19.7 Å². The van der Waals surface area contributed by atoms with Gasteiger partial charge < -0.3 is 10.4 Å². The molecule has 0 aliphatic carbocycles. The fourth-order valence-electron chi connectivity index (χ4n) is 2.39. The van der Waals surface area contributed by atoms with Gasteiger partial charge in [0.25, 0.3) is 0 Å². The maximum absolute atomic E-state index is 11.1. The summed E-state index contributed by atoms with van der Waals surface area (Å²) in [4.78, 5) is 19.6. The second-order valence-corrected chi connectivity index (χ2v) is 5.09. The molecule has 3 rings (SSSR count).